The van der Waals surface area contributed by atoms with E-state index < -0.39 is 0 Å². The van der Waals surface area contributed by atoms with Crippen LogP contribution in [-0.4, -0.2) is 25.9 Å². The Bertz CT molecular complexity index is 526. The molecule has 0 spiro atoms. The molecule has 0 aliphatic carbocycles. The van der Waals surface area contributed by atoms with Crippen LogP contribution in [0.2, 0.25) is 0 Å². The molecule has 104 valence electrons. The lowest BCUT2D eigenvalue weighted by atomic mass is 10.1. The van der Waals surface area contributed by atoms with E-state index in [1.807, 2.05) is 31.2 Å². The van der Waals surface area contributed by atoms with Gasteiger partial charge in [-0.05, 0) is 19.4 Å². The second-order valence-electron chi connectivity index (χ2n) is 4.84. The van der Waals surface area contributed by atoms with E-state index >= 15 is 0 Å². The number of nitrogens with one attached hydrogen (secondary N) is 1. The molecule has 1 atom stereocenters. The van der Waals surface area contributed by atoms with Crippen LogP contribution < -0.4 is 5.32 Å². The molecule has 0 aromatic carbocycles. The lowest BCUT2D eigenvalue weighted by Gasteiger charge is -2.18. The van der Waals surface area contributed by atoms with Crippen molar-refractivity contribution in [2.75, 3.05) is 6.54 Å². The summed E-state index contributed by atoms with van der Waals surface area (Å²) >= 11 is 0. The number of nitrogens with zero attached hydrogens (tertiary/aromatic N) is 4. The predicted molar refractivity (Wildman–Crippen MR) is 75.9 cm³/mol. The Labute approximate surface area is 114 Å². The highest BCUT2D eigenvalue weighted by Crippen LogP contribution is 2.23. The average molecular weight is 261 g/mol. The summed E-state index contributed by atoms with van der Waals surface area (Å²) in [5.74, 6) is 1.04. The molecule has 0 radical (unpaired) electrons. The topological polar surface area (TPSA) is 47.7 Å². The molecule has 5 heteroatoms. The van der Waals surface area contributed by atoms with Crippen LogP contribution in [0, 0.1) is 0 Å². The highest BCUT2D eigenvalue weighted by atomic mass is 15.3. The van der Waals surface area contributed by atoms with Crippen LogP contribution in [0.1, 0.15) is 43.4 Å². The molecule has 0 bridgehead atoms. The molecule has 5 nitrogen and oxygen atoms in total. The van der Waals surface area contributed by atoms with Crippen molar-refractivity contribution in [1.82, 2.24) is 24.6 Å². The van der Waals surface area contributed by atoms with Crippen molar-refractivity contribution in [1.29, 1.82) is 0 Å². The van der Waals surface area contributed by atoms with Crippen molar-refractivity contribution in [2.24, 2.45) is 14.1 Å². The summed E-state index contributed by atoms with van der Waals surface area (Å²) in [7, 11) is 4.00. The minimum absolute atomic E-state index is 0.114. The Balaban J connectivity index is 2.39. The number of aromatic nitrogens is 4. The van der Waals surface area contributed by atoms with Gasteiger partial charge in [-0.1, -0.05) is 13.8 Å². The SMILES string of the molecule is CCCNC(c1cn(C)nc1CC)c1nccn1C. The number of imidazole rings is 1. The molecule has 1 unspecified atom stereocenters. The summed E-state index contributed by atoms with van der Waals surface area (Å²) in [4.78, 5) is 4.49. The number of hydrogen-bond donors (Lipinski definition) is 1. The Morgan fingerprint density at radius 3 is 2.68 bits per heavy atom. The number of hydrogen-bond acceptors (Lipinski definition) is 3. The van der Waals surface area contributed by atoms with Crippen LogP contribution in [0.5, 0.6) is 0 Å². The van der Waals surface area contributed by atoms with Gasteiger partial charge in [-0.2, -0.15) is 5.10 Å². The van der Waals surface area contributed by atoms with Gasteiger partial charge in [-0.25, -0.2) is 4.98 Å². The van der Waals surface area contributed by atoms with Crippen LogP contribution in [0.3, 0.4) is 0 Å². The molecule has 1 N–H and O–H groups in total. The number of rotatable bonds is 6. The first-order chi connectivity index (χ1) is 9.17. The zero-order valence-electron chi connectivity index (χ0n) is 12.2. The van der Waals surface area contributed by atoms with Gasteiger partial charge >= 0.3 is 0 Å². The first-order valence-electron chi connectivity index (χ1n) is 6.90. The standard InChI is InChI=1S/C14H23N5/c1-5-7-15-13(14-16-8-9-18(14)3)11-10-19(4)17-12(11)6-2/h8-10,13,15H,5-7H2,1-4H3. The van der Waals surface area contributed by atoms with E-state index in [4.69, 9.17) is 0 Å². The molecule has 19 heavy (non-hydrogen) atoms. The molecule has 0 aliphatic rings. The molecule has 0 aliphatic heterocycles. The summed E-state index contributed by atoms with van der Waals surface area (Å²) in [5.41, 5.74) is 2.37. The molecule has 2 rings (SSSR count). The van der Waals surface area contributed by atoms with Gasteiger partial charge in [0.1, 0.15) is 5.82 Å². The van der Waals surface area contributed by atoms with Crippen LogP contribution in [-0.2, 0) is 20.5 Å². The Morgan fingerprint density at radius 1 is 1.32 bits per heavy atom. The lowest BCUT2D eigenvalue weighted by Crippen LogP contribution is -2.26. The second-order valence-corrected chi connectivity index (χ2v) is 4.84. The normalized spacial score (nSPS) is 12.8. The molecular weight excluding hydrogens is 238 g/mol. The van der Waals surface area contributed by atoms with Crippen LogP contribution in [0.15, 0.2) is 18.6 Å². The Morgan fingerprint density at radius 2 is 2.11 bits per heavy atom. The molecule has 2 aromatic heterocycles. The maximum atomic E-state index is 4.54. The van der Waals surface area contributed by atoms with Crippen molar-refractivity contribution < 1.29 is 0 Å². The molecule has 0 saturated heterocycles. The summed E-state index contributed by atoms with van der Waals surface area (Å²) in [6.07, 6.45) is 7.96. The maximum absolute atomic E-state index is 4.54. The van der Waals surface area contributed by atoms with Crippen LogP contribution in [0.4, 0.5) is 0 Å². The monoisotopic (exact) mass is 261 g/mol. The van der Waals surface area contributed by atoms with Crippen molar-refractivity contribution >= 4 is 0 Å². The van der Waals surface area contributed by atoms with Gasteiger partial charge in [-0.15, -0.1) is 0 Å². The summed E-state index contributed by atoms with van der Waals surface area (Å²) in [6, 6.07) is 0.114. The fourth-order valence-corrected chi connectivity index (χ4v) is 2.35. The van der Waals surface area contributed by atoms with Gasteiger partial charge in [0.2, 0.25) is 0 Å². The molecule has 0 fully saturated rings. The fourth-order valence-electron chi connectivity index (χ4n) is 2.35. The second kappa shape index (κ2) is 6.02. The van der Waals surface area contributed by atoms with E-state index in [-0.39, 0.29) is 6.04 Å². The average Bonchev–Trinajstić information content (AvgIpc) is 2.97. The molecule has 0 saturated carbocycles. The van der Waals surface area contributed by atoms with E-state index in [1.165, 1.54) is 5.56 Å². The Hall–Kier alpha value is -1.62. The van der Waals surface area contributed by atoms with E-state index in [1.54, 1.807) is 0 Å². The van der Waals surface area contributed by atoms with Gasteiger partial charge < -0.3 is 9.88 Å². The van der Waals surface area contributed by atoms with E-state index in [0.29, 0.717) is 0 Å². The summed E-state index contributed by atoms with van der Waals surface area (Å²) in [5, 5.41) is 8.12. The lowest BCUT2D eigenvalue weighted by molar-refractivity contribution is 0.552. The van der Waals surface area contributed by atoms with Crippen LogP contribution in [0.25, 0.3) is 0 Å². The minimum atomic E-state index is 0.114. The third kappa shape index (κ3) is 2.87. The first kappa shape index (κ1) is 13.8. The zero-order chi connectivity index (χ0) is 13.8. The first-order valence-corrected chi connectivity index (χ1v) is 6.90. The molecule has 2 aromatic rings. The molecule has 0 amide bonds. The molecule has 2 heterocycles. The van der Waals surface area contributed by atoms with Crippen LogP contribution >= 0.6 is 0 Å². The highest BCUT2D eigenvalue weighted by Gasteiger charge is 2.22. The van der Waals surface area contributed by atoms with Gasteiger partial charge in [-0.3, -0.25) is 4.68 Å². The largest absolute Gasteiger partial charge is 0.336 e. The van der Waals surface area contributed by atoms with Gasteiger partial charge in [0.25, 0.3) is 0 Å². The molecular formula is C14H23N5. The van der Waals surface area contributed by atoms with Gasteiger partial charge in [0.05, 0.1) is 11.7 Å². The van der Waals surface area contributed by atoms with Crippen molar-refractivity contribution in [3.63, 3.8) is 0 Å². The quantitative estimate of drug-likeness (QED) is 0.862. The fraction of sp³-hybridized carbons (Fsp3) is 0.571. The summed E-state index contributed by atoms with van der Waals surface area (Å²) in [6.45, 7) is 5.28. The third-order valence-electron chi connectivity index (χ3n) is 3.30. The van der Waals surface area contributed by atoms with Gasteiger partial charge in [0.15, 0.2) is 0 Å². The minimum Gasteiger partial charge on any atom is -0.336 e. The predicted octanol–water partition coefficient (Wildman–Crippen LogP) is 1.80. The van der Waals surface area contributed by atoms with E-state index in [2.05, 4.69) is 40.0 Å². The third-order valence-corrected chi connectivity index (χ3v) is 3.30. The van der Waals surface area contributed by atoms with Crippen molar-refractivity contribution in [3.8, 4) is 0 Å². The van der Waals surface area contributed by atoms with E-state index in [9.17, 15) is 0 Å². The Kier molecular flexibility index (Phi) is 4.37. The maximum Gasteiger partial charge on any atom is 0.130 e. The van der Waals surface area contributed by atoms with Crippen molar-refractivity contribution in [3.05, 3.63) is 35.7 Å². The summed E-state index contributed by atoms with van der Waals surface area (Å²) < 4.78 is 3.96. The smallest absolute Gasteiger partial charge is 0.130 e. The van der Waals surface area contributed by atoms with Gasteiger partial charge in [0, 0.05) is 38.2 Å². The zero-order valence-corrected chi connectivity index (χ0v) is 12.2. The highest BCUT2D eigenvalue weighted by molar-refractivity contribution is 5.27. The van der Waals surface area contributed by atoms with E-state index in [0.717, 1.165) is 30.9 Å². The number of aryl methyl sites for hydroxylation is 3. The van der Waals surface area contributed by atoms with Crippen molar-refractivity contribution in [2.45, 2.75) is 32.7 Å².